The number of urea groups is 1. The first-order chi connectivity index (χ1) is 16.9. The lowest BCUT2D eigenvalue weighted by Crippen LogP contribution is -2.72. The van der Waals surface area contributed by atoms with Crippen LogP contribution in [0.25, 0.3) is 10.9 Å². The van der Waals surface area contributed by atoms with Crippen molar-refractivity contribution in [3.63, 3.8) is 0 Å². The molecule has 184 valence electrons. The Kier molecular flexibility index (Phi) is 4.91. The molecule has 1 aromatic heterocycles. The minimum absolute atomic E-state index is 0.124. The van der Waals surface area contributed by atoms with Gasteiger partial charge in [-0.05, 0) is 44.3 Å². The molecule has 4 fully saturated rings. The number of fused-ring (bicyclic) bond motifs is 2. The predicted molar refractivity (Wildman–Crippen MR) is 124 cm³/mol. The standard InChI is InChI=1S/C24H28N6O5/c31-19(17-14-26-18-4-2-1-3-16(17)18)28-9-11-29(12-10-28)22(35)30-20(32)23(24(30,27-23)21(33)34)13-15-5-7-25-8-6-15/h1-4,14-15,25-27H,5-13H2,(H,33,34)/t23-,24-/m1/s1. The van der Waals surface area contributed by atoms with Gasteiger partial charge in [-0.1, -0.05) is 18.2 Å². The number of aromatic amines is 1. The number of carbonyl (C=O) groups is 4. The number of carboxylic acid groups (broad SMARTS) is 1. The number of imide groups is 1. The zero-order chi connectivity index (χ0) is 24.4. The average Bonchev–Trinajstić information content (AvgIpc) is 3.23. The number of nitrogens with zero attached hydrogens (tertiary/aromatic N) is 3. The van der Waals surface area contributed by atoms with Crippen molar-refractivity contribution in [3.05, 3.63) is 36.0 Å². The number of aliphatic carboxylic acids is 1. The topological polar surface area (TPSA) is 148 Å². The Morgan fingerprint density at radius 3 is 2.43 bits per heavy atom. The molecule has 4 aliphatic heterocycles. The van der Waals surface area contributed by atoms with Crippen molar-refractivity contribution in [1.29, 1.82) is 0 Å². The van der Waals surface area contributed by atoms with Gasteiger partial charge in [0.05, 0.1) is 5.56 Å². The lowest BCUT2D eigenvalue weighted by molar-refractivity contribution is -0.162. The monoisotopic (exact) mass is 480 g/mol. The van der Waals surface area contributed by atoms with Gasteiger partial charge in [-0.15, -0.1) is 0 Å². The van der Waals surface area contributed by atoms with Gasteiger partial charge in [-0.2, -0.15) is 0 Å². The first-order valence-electron chi connectivity index (χ1n) is 12.1. The Bertz CT molecular complexity index is 1230. The SMILES string of the molecule is O=C(c1c[nH]c2ccccc12)N1CCN(C(=O)N2C(=O)[C@@]3(CC4CCNCC4)N[C@]23C(=O)O)CC1. The number of para-hydroxylation sites is 1. The molecule has 0 spiro atoms. The fourth-order valence-electron chi connectivity index (χ4n) is 6.05. The number of β-lactam (4-membered cyclic amide) rings is 1. The fourth-order valence-corrected chi connectivity index (χ4v) is 6.05. The second-order valence-corrected chi connectivity index (χ2v) is 9.89. The maximum Gasteiger partial charge on any atom is 0.348 e. The van der Waals surface area contributed by atoms with E-state index in [1.165, 1.54) is 4.90 Å². The molecule has 4 aliphatic rings. The maximum atomic E-state index is 13.3. The molecule has 5 heterocycles. The summed E-state index contributed by atoms with van der Waals surface area (Å²) in [5.41, 5.74) is -1.37. The third kappa shape index (κ3) is 3.04. The summed E-state index contributed by atoms with van der Waals surface area (Å²) in [5, 5.41) is 17.0. The van der Waals surface area contributed by atoms with Gasteiger partial charge in [0, 0.05) is 43.3 Å². The molecule has 4 amide bonds. The van der Waals surface area contributed by atoms with Gasteiger partial charge in [0.1, 0.15) is 5.54 Å². The van der Waals surface area contributed by atoms with Crippen molar-refractivity contribution in [3.8, 4) is 0 Å². The van der Waals surface area contributed by atoms with Crippen molar-refractivity contribution in [2.75, 3.05) is 39.3 Å². The molecular weight excluding hydrogens is 452 g/mol. The van der Waals surface area contributed by atoms with Crippen molar-refractivity contribution in [2.24, 2.45) is 5.92 Å². The molecule has 0 radical (unpaired) electrons. The molecule has 6 rings (SSSR count). The third-order valence-corrected chi connectivity index (χ3v) is 8.06. The van der Waals surface area contributed by atoms with Crippen LogP contribution in [-0.2, 0) is 9.59 Å². The van der Waals surface area contributed by atoms with Crippen LogP contribution >= 0.6 is 0 Å². The van der Waals surface area contributed by atoms with E-state index in [0.717, 1.165) is 41.7 Å². The van der Waals surface area contributed by atoms with Gasteiger partial charge >= 0.3 is 12.0 Å². The molecule has 11 nitrogen and oxygen atoms in total. The van der Waals surface area contributed by atoms with Crippen LogP contribution < -0.4 is 10.6 Å². The van der Waals surface area contributed by atoms with Crippen LogP contribution in [0.5, 0.6) is 0 Å². The molecule has 0 unspecified atom stereocenters. The number of piperidine rings is 1. The van der Waals surface area contributed by atoms with E-state index in [4.69, 9.17) is 0 Å². The van der Waals surface area contributed by atoms with E-state index in [0.29, 0.717) is 25.1 Å². The van der Waals surface area contributed by atoms with Gasteiger partial charge in [-0.3, -0.25) is 14.9 Å². The van der Waals surface area contributed by atoms with E-state index in [-0.39, 0.29) is 24.9 Å². The number of H-pyrrole nitrogens is 1. The van der Waals surface area contributed by atoms with Crippen LogP contribution in [0, 0.1) is 5.92 Å². The Morgan fingerprint density at radius 1 is 1.03 bits per heavy atom. The lowest BCUT2D eigenvalue weighted by Gasteiger charge is -2.44. The van der Waals surface area contributed by atoms with Gasteiger partial charge in [0.15, 0.2) is 0 Å². The normalized spacial score (nSPS) is 28.6. The number of nitrogens with one attached hydrogen (secondary N) is 3. The second-order valence-electron chi connectivity index (χ2n) is 9.89. The van der Waals surface area contributed by atoms with Crippen molar-refractivity contribution < 1.29 is 24.3 Å². The number of aromatic nitrogens is 1. The highest BCUT2D eigenvalue weighted by Crippen LogP contribution is 2.57. The van der Waals surface area contributed by atoms with E-state index < -0.39 is 29.1 Å². The number of carboxylic acids is 1. The van der Waals surface area contributed by atoms with E-state index in [1.807, 2.05) is 24.3 Å². The van der Waals surface area contributed by atoms with E-state index in [2.05, 4.69) is 15.6 Å². The molecule has 35 heavy (non-hydrogen) atoms. The van der Waals surface area contributed by atoms with Crippen LogP contribution in [0.4, 0.5) is 4.79 Å². The third-order valence-electron chi connectivity index (χ3n) is 8.06. The lowest BCUT2D eigenvalue weighted by atomic mass is 9.77. The van der Waals surface area contributed by atoms with Crippen LogP contribution in [0.15, 0.2) is 30.5 Å². The highest BCUT2D eigenvalue weighted by Gasteiger charge is 2.91. The summed E-state index contributed by atoms with van der Waals surface area (Å²) in [7, 11) is 0. The van der Waals surface area contributed by atoms with E-state index in [9.17, 15) is 24.3 Å². The molecule has 2 atom stereocenters. The molecule has 4 saturated heterocycles. The first-order valence-corrected chi connectivity index (χ1v) is 12.1. The minimum atomic E-state index is -1.65. The first kappa shape index (κ1) is 22.1. The summed E-state index contributed by atoms with van der Waals surface area (Å²) in [4.78, 5) is 58.8. The number of hydrogen-bond donors (Lipinski definition) is 4. The van der Waals surface area contributed by atoms with E-state index in [1.54, 1.807) is 11.1 Å². The zero-order valence-electron chi connectivity index (χ0n) is 19.2. The Labute approximate surface area is 201 Å². The second kappa shape index (κ2) is 7.79. The van der Waals surface area contributed by atoms with Crippen LogP contribution in [0.1, 0.15) is 29.6 Å². The van der Waals surface area contributed by atoms with Gasteiger partial charge in [0.2, 0.25) is 5.66 Å². The summed E-state index contributed by atoms with van der Waals surface area (Å²) >= 11 is 0. The summed E-state index contributed by atoms with van der Waals surface area (Å²) in [6.45, 7) is 2.76. The molecular formula is C24H28N6O5. The number of carbonyl (C=O) groups excluding carboxylic acids is 3. The largest absolute Gasteiger partial charge is 0.478 e. The summed E-state index contributed by atoms with van der Waals surface area (Å²) in [6.07, 6.45) is 3.89. The maximum absolute atomic E-state index is 13.3. The van der Waals surface area contributed by atoms with Gasteiger partial charge in [-0.25, -0.2) is 14.5 Å². The molecule has 11 heteroatoms. The summed E-state index contributed by atoms with van der Waals surface area (Å²) < 4.78 is 0. The molecule has 0 bridgehead atoms. The number of benzene rings is 1. The van der Waals surface area contributed by atoms with Crippen LogP contribution in [0.3, 0.4) is 0 Å². The molecule has 1 aromatic carbocycles. The van der Waals surface area contributed by atoms with Gasteiger partial charge < -0.3 is 25.2 Å². The average molecular weight is 481 g/mol. The Morgan fingerprint density at radius 2 is 1.71 bits per heavy atom. The quantitative estimate of drug-likeness (QED) is 0.366. The highest BCUT2D eigenvalue weighted by atomic mass is 16.4. The molecule has 2 aromatic rings. The predicted octanol–water partition coefficient (Wildman–Crippen LogP) is 0.401. The van der Waals surface area contributed by atoms with Crippen LogP contribution in [0.2, 0.25) is 0 Å². The summed E-state index contributed by atoms with van der Waals surface area (Å²) in [5.74, 6) is -1.54. The fraction of sp³-hybridized carbons (Fsp3) is 0.500. The number of hydrogen-bond acceptors (Lipinski definition) is 6. The molecule has 0 aliphatic carbocycles. The van der Waals surface area contributed by atoms with Gasteiger partial charge in [0.25, 0.3) is 11.8 Å². The minimum Gasteiger partial charge on any atom is -0.478 e. The molecule has 4 N–H and O–H groups in total. The van der Waals surface area contributed by atoms with E-state index >= 15 is 0 Å². The molecule has 0 saturated carbocycles. The summed E-state index contributed by atoms with van der Waals surface area (Å²) in [6, 6.07) is 6.96. The van der Waals surface area contributed by atoms with Crippen LogP contribution in [-0.4, -0.2) is 99.1 Å². The number of rotatable bonds is 4. The number of likely N-dealkylation sites (tertiary alicyclic amines) is 1. The Hall–Kier alpha value is -3.44. The Balaban J connectivity index is 1.12. The highest BCUT2D eigenvalue weighted by molar-refractivity contribution is 6.20. The number of piperazine rings is 1. The number of amides is 4. The van der Waals surface area contributed by atoms with Crippen molar-refractivity contribution in [2.45, 2.75) is 30.5 Å². The van der Waals surface area contributed by atoms with Crippen molar-refractivity contribution in [1.82, 2.24) is 30.3 Å². The van der Waals surface area contributed by atoms with Crippen molar-refractivity contribution >= 4 is 34.7 Å². The zero-order valence-corrected chi connectivity index (χ0v) is 19.2. The smallest absolute Gasteiger partial charge is 0.348 e.